The molecule has 0 unspecified atom stereocenters. The lowest BCUT2D eigenvalue weighted by Crippen LogP contribution is -2.65. The number of aliphatic carboxylic acids is 1. The van der Waals surface area contributed by atoms with Gasteiger partial charge in [0.2, 0.25) is 0 Å². The predicted molar refractivity (Wildman–Crippen MR) is 127 cm³/mol. The van der Waals surface area contributed by atoms with Gasteiger partial charge in [-0.05, 0) is 62.6 Å². The van der Waals surface area contributed by atoms with E-state index in [1.807, 2.05) is 0 Å². The molecule has 6 aliphatic rings. The van der Waals surface area contributed by atoms with E-state index in [2.05, 4.69) is 25.5 Å². The second-order valence-corrected chi connectivity index (χ2v) is 14.1. The number of hydrogen-bond acceptors (Lipinski definition) is 7. The molecule has 4 saturated carbocycles. The molecule has 2 aliphatic heterocycles. The van der Waals surface area contributed by atoms with Gasteiger partial charge in [0, 0.05) is 31.1 Å². The second-order valence-electron chi connectivity index (χ2n) is 12.4. The lowest BCUT2D eigenvalue weighted by atomic mass is 9.43. The van der Waals surface area contributed by atoms with E-state index in [-0.39, 0.29) is 43.9 Å². The topological polar surface area (TPSA) is 157 Å². The molecule has 2 saturated heterocycles. The lowest BCUT2D eigenvalue weighted by molar-refractivity contribution is -0.199. The van der Waals surface area contributed by atoms with Crippen LogP contribution in [0.1, 0.15) is 59.3 Å². The Hall–Kier alpha value is -0.755. The summed E-state index contributed by atoms with van der Waals surface area (Å²) in [7, 11) is -4.17. The SMILES string of the molecule is CC1(C)[C@H]2C[C@@H]3OB(CCC[C@H]4CN(S(=O)(=O)NCC5(N)CC5)C[C@@]4(N)C(=O)O)O[C@]3(C)[C@@H]1C2. The van der Waals surface area contributed by atoms with E-state index in [0.717, 1.165) is 23.6 Å². The third kappa shape index (κ3) is 3.93. The van der Waals surface area contributed by atoms with Crippen molar-refractivity contribution in [2.75, 3.05) is 19.6 Å². The Kier molecular flexibility index (Phi) is 5.77. The van der Waals surface area contributed by atoms with Crippen LogP contribution in [0.3, 0.4) is 0 Å². The molecule has 6 N–H and O–H groups in total. The first-order valence-corrected chi connectivity index (χ1v) is 14.0. The van der Waals surface area contributed by atoms with Gasteiger partial charge < -0.3 is 25.9 Å². The minimum absolute atomic E-state index is 0.0698. The molecule has 0 amide bonds. The standard InChI is InChI=1S/C22H39BN4O6S/c1-19(2)15-9-16(19)20(3)17(10-15)32-23(33-20)8-4-5-14-11-27(13-22(14,25)18(28)29)34(30,31)26-12-21(24)6-7-21/h14-17,26H,4-13,24-25H2,1-3H3,(H,28,29)/t14-,15+,16+,17-,20+,22-/m0/s1. The van der Waals surface area contributed by atoms with Crippen LogP contribution in [0.5, 0.6) is 0 Å². The molecule has 192 valence electrons. The number of carbonyl (C=O) groups is 1. The fourth-order valence-corrected chi connectivity index (χ4v) is 8.35. The Morgan fingerprint density at radius 2 is 1.94 bits per heavy atom. The van der Waals surface area contributed by atoms with E-state index in [4.69, 9.17) is 20.8 Å². The van der Waals surface area contributed by atoms with Gasteiger partial charge in [-0.15, -0.1) is 0 Å². The third-order valence-electron chi connectivity index (χ3n) is 9.82. The molecule has 0 aromatic heterocycles. The molecule has 10 nitrogen and oxygen atoms in total. The fourth-order valence-electron chi connectivity index (χ4n) is 6.94. The van der Waals surface area contributed by atoms with Crippen molar-refractivity contribution in [1.29, 1.82) is 0 Å². The fraction of sp³-hybridized carbons (Fsp3) is 0.955. The van der Waals surface area contributed by atoms with Crippen molar-refractivity contribution < 1.29 is 27.6 Å². The van der Waals surface area contributed by atoms with Crippen molar-refractivity contribution in [1.82, 2.24) is 9.03 Å². The van der Waals surface area contributed by atoms with E-state index >= 15 is 0 Å². The highest BCUT2D eigenvalue weighted by molar-refractivity contribution is 7.87. The Bertz CT molecular complexity index is 961. The van der Waals surface area contributed by atoms with Crippen molar-refractivity contribution in [2.45, 2.75) is 88.4 Å². The molecular weight excluding hydrogens is 459 g/mol. The lowest BCUT2D eigenvalue weighted by Gasteiger charge is -2.64. The largest absolute Gasteiger partial charge is 0.480 e. The highest BCUT2D eigenvalue weighted by Crippen LogP contribution is 2.65. The van der Waals surface area contributed by atoms with Gasteiger partial charge in [-0.1, -0.05) is 20.3 Å². The van der Waals surface area contributed by atoms with Gasteiger partial charge in [-0.2, -0.15) is 12.7 Å². The first-order chi connectivity index (χ1) is 15.7. The highest BCUT2D eigenvalue weighted by atomic mass is 32.2. The summed E-state index contributed by atoms with van der Waals surface area (Å²) in [5, 5.41) is 9.83. The van der Waals surface area contributed by atoms with Gasteiger partial charge in [-0.3, -0.25) is 4.79 Å². The van der Waals surface area contributed by atoms with Crippen LogP contribution in [-0.4, -0.2) is 73.3 Å². The van der Waals surface area contributed by atoms with Crippen LogP contribution in [-0.2, 0) is 24.3 Å². The second kappa shape index (κ2) is 7.87. The van der Waals surface area contributed by atoms with Crippen LogP contribution in [0, 0.1) is 23.2 Å². The van der Waals surface area contributed by atoms with Gasteiger partial charge in [0.05, 0.1) is 11.7 Å². The summed E-state index contributed by atoms with van der Waals surface area (Å²) in [6.45, 7) is 6.78. The number of hydrogen-bond donors (Lipinski definition) is 4. The Labute approximate surface area is 202 Å². The summed E-state index contributed by atoms with van der Waals surface area (Å²) in [6.07, 6.45) is 5.64. The summed E-state index contributed by atoms with van der Waals surface area (Å²) in [6, 6.07) is 0. The zero-order chi connectivity index (χ0) is 24.7. The summed E-state index contributed by atoms with van der Waals surface area (Å²) in [5.74, 6) is -0.510. The summed E-state index contributed by atoms with van der Waals surface area (Å²) in [4.78, 5) is 12.0. The molecular formula is C22H39BN4O6S. The van der Waals surface area contributed by atoms with E-state index in [0.29, 0.717) is 31.0 Å². The molecule has 2 heterocycles. The van der Waals surface area contributed by atoms with Crippen LogP contribution in [0.2, 0.25) is 6.32 Å². The van der Waals surface area contributed by atoms with Gasteiger partial charge >= 0.3 is 13.1 Å². The van der Waals surface area contributed by atoms with Crippen molar-refractivity contribution in [3.8, 4) is 0 Å². The van der Waals surface area contributed by atoms with Crippen LogP contribution < -0.4 is 16.2 Å². The zero-order valence-corrected chi connectivity index (χ0v) is 21.3. The molecule has 0 spiro atoms. The molecule has 0 aromatic carbocycles. The van der Waals surface area contributed by atoms with Gasteiger partial charge in [-0.25, -0.2) is 4.72 Å². The number of carboxylic acids is 1. The maximum atomic E-state index is 12.8. The van der Waals surface area contributed by atoms with E-state index in [1.54, 1.807) is 0 Å². The molecule has 2 bridgehead atoms. The monoisotopic (exact) mass is 498 g/mol. The molecule has 4 aliphatic carbocycles. The minimum Gasteiger partial charge on any atom is -0.480 e. The number of nitrogens with one attached hydrogen (secondary N) is 1. The predicted octanol–water partition coefficient (Wildman–Crippen LogP) is 0.535. The maximum Gasteiger partial charge on any atom is 0.457 e. The van der Waals surface area contributed by atoms with E-state index in [9.17, 15) is 18.3 Å². The smallest absolute Gasteiger partial charge is 0.457 e. The minimum atomic E-state index is -3.86. The summed E-state index contributed by atoms with van der Waals surface area (Å²) >= 11 is 0. The van der Waals surface area contributed by atoms with Crippen LogP contribution in [0.25, 0.3) is 0 Å². The summed E-state index contributed by atoms with van der Waals surface area (Å²) < 4.78 is 42.0. The molecule has 34 heavy (non-hydrogen) atoms. The first-order valence-electron chi connectivity index (χ1n) is 12.6. The number of carboxylic acid groups (broad SMARTS) is 1. The number of nitrogens with two attached hydrogens (primary N) is 2. The molecule has 6 rings (SSSR count). The Morgan fingerprint density at radius 1 is 1.24 bits per heavy atom. The van der Waals surface area contributed by atoms with Gasteiger partial charge in [0.15, 0.2) is 0 Å². The maximum absolute atomic E-state index is 12.8. The molecule has 6 atom stereocenters. The zero-order valence-electron chi connectivity index (χ0n) is 20.5. The van der Waals surface area contributed by atoms with Crippen LogP contribution in [0.4, 0.5) is 0 Å². The molecule has 0 aromatic rings. The highest BCUT2D eigenvalue weighted by Gasteiger charge is 2.67. The van der Waals surface area contributed by atoms with Crippen molar-refractivity contribution in [3.05, 3.63) is 0 Å². The normalized spacial score (nSPS) is 42.3. The molecule has 0 radical (unpaired) electrons. The quantitative estimate of drug-likeness (QED) is 0.336. The van der Waals surface area contributed by atoms with E-state index in [1.165, 1.54) is 6.42 Å². The number of nitrogens with zero attached hydrogens (tertiary/aromatic N) is 1. The summed E-state index contributed by atoms with van der Waals surface area (Å²) in [5.41, 5.74) is 10.2. The molecule has 6 fully saturated rings. The van der Waals surface area contributed by atoms with E-state index < -0.39 is 33.2 Å². The van der Waals surface area contributed by atoms with Crippen LogP contribution >= 0.6 is 0 Å². The van der Waals surface area contributed by atoms with Gasteiger partial charge in [0.25, 0.3) is 10.2 Å². The Morgan fingerprint density at radius 3 is 2.56 bits per heavy atom. The van der Waals surface area contributed by atoms with Crippen LogP contribution in [0.15, 0.2) is 0 Å². The third-order valence-corrected chi connectivity index (χ3v) is 11.3. The Balaban J connectivity index is 1.17. The van der Waals surface area contributed by atoms with Crippen molar-refractivity contribution in [2.24, 2.45) is 34.6 Å². The average molecular weight is 498 g/mol. The van der Waals surface area contributed by atoms with Gasteiger partial charge in [0.1, 0.15) is 5.54 Å². The molecule has 12 heteroatoms. The first kappa shape index (κ1) is 24.9. The van der Waals surface area contributed by atoms with Crippen molar-refractivity contribution in [3.63, 3.8) is 0 Å². The van der Waals surface area contributed by atoms with Crippen molar-refractivity contribution >= 4 is 23.3 Å². The number of rotatable bonds is 9. The average Bonchev–Trinajstić information content (AvgIpc) is 3.22.